The zero-order valence-electron chi connectivity index (χ0n) is 7.85. The Kier molecular flexibility index (Phi) is 3.32. The summed E-state index contributed by atoms with van der Waals surface area (Å²) in [6.07, 6.45) is -7.75. The minimum absolute atomic E-state index is 0.503. The van der Waals surface area contributed by atoms with E-state index in [-0.39, 0.29) is 0 Å². The average molecular weight is 241 g/mol. The summed E-state index contributed by atoms with van der Waals surface area (Å²) in [6, 6.07) is 0.635. The summed E-state index contributed by atoms with van der Waals surface area (Å²) in [7, 11) is 0. The maximum Gasteiger partial charge on any atom is 0.433 e. The van der Waals surface area contributed by atoms with Gasteiger partial charge in [-0.05, 0) is 11.6 Å². The van der Waals surface area contributed by atoms with Gasteiger partial charge >= 0.3 is 6.18 Å². The van der Waals surface area contributed by atoms with E-state index in [1.54, 1.807) is 0 Å². The van der Waals surface area contributed by atoms with Crippen LogP contribution in [0.15, 0.2) is 6.07 Å². The van der Waals surface area contributed by atoms with E-state index in [4.69, 9.17) is 11.5 Å². The topological polar surface area (TPSA) is 64.9 Å². The Morgan fingerprint density at radius 1 is 1.31 bits per heavy atom. The first-order valence-corrected chi connectivity index (χ1v) is 4.12. The van der Waals surface area contributed by atoms with E-state index in [0.717, 1.165) is 0 Å². The number of halogens is 5. The molecule has 0 saturated heterocycles. The summed E-state index contributed by atoms with van der Waals surface area (Å²) in [5.41, 5.74) is 7.48. The molecule has 0 aliphatic heterocycles. The van der Waals surface area contributed by atoms with E-state index >= 15 is 0 Å². The Bertz CT molecular complexity index is 388. The van der Waals surface area contributed by atoms with E-state index in [1.165, 1.54) is 0 Å². The molecule has 0 fully saturated rings. The van der Waals surface area contributed by atoms with Crippen molar-refractivity contribution in [3.05, 3.63) is 22.9 Å². The molecule has 0 aromatic carbocycles. The normalized spacial score (nSPS) is 12.2. The molecular weight excluding hydrogens is 233 g/mol. The standard InChI is InChI=1S/C8H8F5N3/c9-6(10)4-1-3(2-14)5(8(11,12)13)16-7(4)15/h1,6H,2,14H2,(H2,15,16). The molecule has 0 unspecified atom stereocenters. The molecule has 1 heterocycles. The Hall–Kier alpha value is -1.44. The number of hydrogen-bond acceptors (Lipinski definition) is 3. The molecule has 0 amide bonds. The zero-order valence-corrected chi connectivity index (χ0v) is 7.85. The summed E-state index contributed by atoms with van der Waals surface area (Å²) in [4.78, 5) is 2.93. The summed E-state index contributed by atoms with van der Waals surface area (Å²) in [5, 5.41) is 0. The van der Waals surface area contributed by atoms with Crippen LogP contribution in [-0.4, -0.2) is 4.98 Å². The number of aromatic nitrogens is 1. The van der Waals surface area contributed by atoms with Crippen LogP contribution < -0.4 is 11.5 Å². The number of pyridine rings is 1. The Balaban J connectivity index is 3.38. The van der Waals surface area contributed by atoms with Gasteiger partial charge in [-0.1, -0.05) is 0 Å². The van der Waals surface area contributed by atoms with Crippen molar-refractivity contribution >= 4 is 5.82 Å². The van der Waals surface area contributed by atoms with Gasteiger partial charge in [0.2, 0.25) is 0 Å². The van der Waals surface area contributed by atoms with Crippen molar-refractivity contribution < 1.29 is 22.0 Å². The Labute approximate surface area is 87.3 Å². The summed E-state index contributed by atoms with van der Waals surface area (Å²) in [5.74, 6) is -0.834. The maximum absolute atomic E-state index is 12.4. The SMILES string of the molecule is NCc1cc(C(F)F)c(N)nc1C(F)(F)F. The second-order valence-corrected chi connectivity index (χ2v) is 2.97. The minimum atomic E-state index is -4.76. The third kappa shape index (κ3) is 2.38. The van der Waals surface area contributed by atoms with Gasteiger partial charge < -0.3 is 11.5 Å². The van der Waals surface area contributed by atoms with Gasteiger partial charge in [-0.15, -0.1) is 0 Å². The van der Waals surface area contributed by atoms with Crippen LogP contribution in [0, 0.1) is 0 Å². The molecule has 0 radical (unpaired) electrons. The molecule has 1 aromatic heterocycles. The van der Waals surface area contributed by atoms with Gasteiger partial charge in [0, 0.05) is 6.54 Å². The van der Waals surface area contributed by atoms with Crippen LogP contribution in [0.2, 0.25) is 0 Å². The van der Waals surface area contributed by atoms with E-state index in [1.807, 2.05) is 0 Å². The number of nitrogens with two attached hydrogens (primary N) is 2. The van der Waals surface area contributed by atoms with Crippen molar-refractivity contribution in [2.24, 2.45) is 5.73 Å². The molecule has 4 N–H and O–H groups in total. The van der Waals surface area contributed by atoms with Gasteiger partial charge in [0.15, 0.2) is 5.69 Å². The van der Waals surface area contributed by atoms with Crippen LogP contribution in [-0.2, 0) is 12.7 Å². The largest absolute Gasteiger partial charge is 0.433 e. The fourth-order valence-corrected chi connectivity index (χ4v) is 1.16. The lowest BCUT2D eigenvalue weighted by Gasteiger charge is -2.13. The van der Waals surface area contributed by atoms with Gasteiger partial charge in [-0.25, -0.2) is 13.8 Å². The van der Waals surface area contributed by atoms with E-state index in [9.17, 15) is 22.0 Å². The van der Waals surface area contributed by atoms with Crippen LogP contribution in [0.1, 0.15) is 23.2 Å². The number of hydrogen-bond donors (Lipinski definition) is 2. The first kappa shape index (κ1) is 12.6. The quantitative estimate of drug-likeness (QED) is 0.779. The number of nitrogens with zero attached hydrogens (tertiary/aromatic N) is 1. The Morgan fingerprint density at radius 3 is 2.25 bits per heavy atom. The van der Waals surface area contributed by atoms with E-state index in [0.29, 0.717) is 6.07 Å². The predicted molar refractivity (Wildman–Crippen MR) is 46.5 cm³/mol. The second-order valence-electron chi connectivity index (χ2n) is 2.97. The minimum Gasteiger partial charge on any atom is -0.383 e. The van der Waals surface area contributed by atoms with Crippen LogP contribution in [0.3, 0.4) is 0 Å². The van der Waals surface area contributed by atoms with Gasteiger partial charge in [0.25, 0.3) is 6.43 Å². The maximum atomic E-state index is 12.4. The van der Waals surface area contributed by atoms with Crippen LogP contribution in [0.25, 0.3) is 0 Å². The summed E-state index contributed by atoms with van der Waals surface area (Å²) in [6.45, 7) is -0.540. The molecule has 0 bridgehead atoms. The Morgan fingerprint density at radius 2 is 1.88 bits per heavy atom. The van der Waals surface area contributed by atoms with E-state index in [2.05, 4.69) is 4.98 Å². The number of alkyl halides is 5. The van der Waals surface area contributed by atoms with Gasteiger partial charge in [0.05, 0.1) is 5.56 Å². The van der Waals surface area contributed by atoms with Crippen LogP contribution in [0.4, 0.5) is 27.8 Å². The lowest BCUT2D eigenvalue weighted by molar-refractivity contribution is -0.141. The highest BCUT2D eigenvalue weighted by atomic mass is 19.4. The molecule has 0 aliphatic carbocycles. The van der Waals surface area contributed by atoms with Crippen molar-refractivity contribution in [2.75, 3.05) is 5.73 Å². The zero-order chi connectivity index (χ0) is 12.5. The highest BCUT2D eigenvalue weighted by Crippen LogP contribution is 2.34. The molecule has 0 aliphatic rings. The molecule has 8 heteroatoms. The van der Waals surface area contributed by atoms with Crippen LogP contribution in [0.5, 0.6) is 0 Å². The molecule has 90 valence electrons. The second kappa shape index (κ2) is 4.20. The highest BCUT2D eigenvalue weighted by molar-refractivity contribution is 5.45. The third-order valence-corrected chi connectivity index (χ3v) is 1.89. The molecule has 0 atom stereocenters. The van der Waals surface area contributed by atoms with E-state index < -0.39 is 41.8 Å². The van der Waals surface area contributed by atoms with Gasteiger partial charge in [-0.3, -0.25) is 0 Å². The fraction of sp³-hybridized carbons (Fsp3) is 0.375. The molecule has 1 rings (SSSR count). The third-order valence-electron chi connectivity index (χ3n) is 1.89. The van der Waals surface area contributed by atoms with Crippen molar-refractivity contribution in [3.8, 4) is 0 Å². The molecule has 1 aromatic rings. The van der Waals surface area contributed by atoms with Gasteiger partial charge in [-0.2, -0.15) is 13.2 Å². The average Bonchev–Trinajstić information content (AvgIpc) is 2.15. The van der Waals surface area contributed by atoms with Crippen molar-refractivity contribution in [3.63, 3.8) is 0 Å². The molecule has 0 spiro atoms. The van der Waals surface area contributed by atoms with Crippen LogP contribution >= 0.6 is 0 Å². The summed E-state index contributed by atoms with van der Waals surface area (Å²) >= 11 is 0. The molecular formula is C8H8F5N3. The number of nitrogen functional groups attached to an aromatic ring is 1. The molecule has 0 saturated carbocycles. The monoisotopic (exact) mass is 241 g/mol. The number of rotatable bonds is 2. The molecule has 16 heavy (non-hydrogen) atoms. The number of anilines is 1. The predicted octanol–water partition coefficient (Wildman–Crippen LogP) is 2.08. The lowest BCUT2D eigenvalue weighted by atomic mass is 10.1. The molecule has 3 nitrogen and oxygen atoms in total. The van der Waals surface area contributed by atoms with Crippen molar-refractivity contribution in [1.82, 2.24) is 4.98 Å². The first-order chi connectivity index (χ1) is 7.27. The van der Waals surface area contributed by atoms with Crippen molar-refractivity contribution in [2.45, 2.75) is 19.1 Å². The highest BCUT2D eigenvalue weighted by Gasteiger charge is 2.36. The first-order valence-electron chi connectivity index (χ1n) is 4.12. The fourth-order valence-electron chi connectivity index (χ4n) is 1.16. The smallest absolute Gasteiger partial charge is 0.383 e. The van der Waals surface area contributed by atoms with Crippen molar-refractivity contribution in [1.29, 1.82) is 0 Å². The lowest BCUT2D eigenvalue weighted by Crippen LogP contribution is -2.17. The van der Waals surface area contributed by atoms with Gasteiger partial charge in [0.1, 0.15) is 5.82 Å². The summed E-state index contributed by atoms with van der Waals surface area (Å²) < 4.78 is 61.8.